The number of carbonyl (C=O) groups excluding carboxylic acids is 2. The second-order valence-electron chi connectivity index (χ2n) is 8.20. The van der Waals surface area contributed by atoms with Crippen molar-refractivity contribution in [1.82, 2.24) is 4.98 Å². The van der Waals surface area contributed by atoms with Crippen molar-refractivity contribution in [3.8, 4) is 0 Å². The molecule has 0 aliphatic carbocycles. The SMILES string of the molecule is Cc1nc(C(C)(C)C)sc1C(=O)Nc1ccc2c(c1)CCN2C(=O)c1ccoc1. The highest BCUT2D eigenvalue weighted by atomic mass is 32.1. The summed E-state index contributed by atoms with van der Waals surface area (Å²) in [6, 6.07) is 7.32. The minimum Gasteiger partial charge on any atom is -0.472 e. The van der Waals surface area contributed by atoms with Crippen LogP contribution in [0.2, 0.25) is 0 Å². The highest BCUT2D eigenvalue weighted by molar-refractivity contribution is 7.14. The van der Waals surface area contributed by atoms with Gasteiger partial charge in [-0.2, -0.15) is 0 Å². The lowest BCUT2D eigenvalue weighted by molar-refractivity contribution is 0.0987. The quantitative estimate of drug-likeness (QED) is 0.674. The topological polar surface area (TPSA) is 75.4 Å². The van der Waals surface area contributed by atoms with Crippen LogP contribution in [0.3, 0.4) is 0 Å². The first kappa shape index (κ1) is 19.4. The predicted octanol–water partition coefficient (Wildman–Crippen LogP) is 4.80. The van der Waals surface area contributed by atoms with E-state index in [0.717, 1.165) is 34.1 Å². The molecule has 2 amide bonds. The first-order valence-corrected chi connectivity index (χ1v) is 10.3. The number of benzene rings is 1. The fourth-order valence-corrected chi connectivity index (χ4v) is 4.37. The summed E-state index contributed by atoms with van der Waals surface area (Å²) in [6.07, 6.45) is 3.70. The second-order valence-corrected chi connectivity index (χ2v) is 9.20. The number of aryl methyl sites for hydroxylation is 1. The van der Waals surface area contributed by atoms with Gasteiger partial charge in [0.2, 0.25) is 0 Å². The van der Waals surface area contributed by atoms with Crippen LogP contribution in [0, 0.1) is 6.92 Å². The first-order chi connectivity index (χ1) is 13.7. The molecule has 7 heteroatoms. The van der Waals surface area contributed by atoms with Gasteiger partial charge in [-0.1, -0.05) is 20.8 Å². The van der Waals surface area contributed by atoms with Gasteiger partial charge < -0.3 is 14.6 Å². The molecule has 0 saturated carbocycles. The maximum Gasteiger partial charge on any atom is 0.267 e. The van der Waals surface area contributed by atoms with Gasteiger partial charge in [0.1, 0.15) is 11.1 Å². The molecule has 0 radical (unpaired) electrons. The number of amides is 2. The maximum atomic E-state index is 12.8. The number of fused-ring (bicyclic) bond motifs is 1. The Labute approximate surface area is 173 Å². The molecule has 1 aliphatic heterocycles. The molecule has 2 aromatic heterocycles. The number of aromatic nitrogens is 1. The van der Waals surface area contributed by atoms with Gasteiger partial charge in [0.25, 0.3) is 11.8 Å². The van der Waals surface area contributed by atoms with Crippen LogP contribution in [0.5, 0.6) is 0 Å². The van der Waals surface area contributed by atoms with Gasteiger partial charge in [0.15, 0.2) is 0 Å². The van der Waals surface area contributed by atoms with Crippen LogP contribution in [0.1, 0.15) is 57.1 Å². The summed E-state index contributed by atoms with van der Waals surface area (Å²) in [5.41, 5.74) is 3.82. The molecular formula is C22H23N3O3S. The van der Waals surface area contributed by atoms with E-state index in [1.54, 1.807) is 11.0 Å². The molecule has 29 heavy (non-hydrogen) atoms. The number of thiazole rings is 1. The molecule has 0 saturated heterocycles. The molecule has 4 rings (SSSR count). The van der Waals surface area contributed by atoms with E-state index in [2.05, 4.69) is 31.1 Å². The summed E-state index contributed by atoms with van der Waals surface area (Å²) in [5.74, 6) is -0.232. The monoisotopic (exact) mass is 409 g/mol. The van der Waals surface area contributed by atoms with E-state index in [4.69, 9.17) is 4.42 Å². The average molecular weight is 410 g/mol. The molecular weight excluding hydrogens is 386 g/mol. The van der Waals surface area contributed by atoms with E-state index < -0.39 is 0 Å². The summed E-state index contributed by atoms with van der Waals surface area (Å²) >= 11 is 1.44. The third-order valence-electron chi connectivity index (χ3n) is 4.89. The largest absolute Gasteiger partial charge is 0.472 e. The van der Waals surface area contributed by atoms with Crippen molar-refractivity contribution in [1.29, 1.82) is 0 Å². The standard InChI is InChI=1S/C22H23N3O3S/c1-13-18(29-21(23-13)22(2,3)4)19(26)24-16-5-6-17-14(11-16)7-9-25(17)20(27)15-8-10-28-12-15/h5-6,8,10-12H,7,9H2,1-4H3,(H,24,26). The number of nitrogens with one attached hydrogen (secondary N) is 1. The van der Waals surface area contributed by atoms with Gasteiger partial charge in [-0.05, 0) is 43.2 Å². The minimum atomic E-state index is -0.153. The Morgan fingerprint density at radius 1 is 1.24 bits per heavy atom. The molecule has 0 spiro atoms. The molecule has 0 unspecified atom stereocenters. The van der Waals surface area contributed by atoms with Crippen molar-refractivity contribution in [3.05, 3.63) is 63.5 Å². The van der Waals surface area contributed by atoms with E-state index in [-0.39, 0.29) is 17.2 Å². The number of nitrogens with zero attached hydrogens (tertiary/aromatic N) is 2. The van der Waals surface area contributed by atoms with Crippen LogP contribution >= 0.6 is 11.3 Å². The van der Waals surface area contributed by atoms with Crippen molar-refractivity contribution < 1.29 is 14.0 Å². The summed E-state index contributed by atoms with van der Waals surface area (Å²) in [6.45, 7) is 8.74. The minimum absolute atomic E-state index is 0.0794. The predicted molar refractivity (Wildman–Crippen MR) is 114 cm³/mol. The molecule has 150 valence electrons. The van der Waals surface area contributed by atoms with Crippen LogP contribution in [0.15, 0.2) is 41.2 Å². The number of carbonyl (C=O) groups is 2. The van der Waals surface area contributed by atoms with Crippen LogP contribution in [-0.2, 0) is 11.8 Å². The summed E-state index contributed by atoms with van der Waals surface area (Å²) in [7, 11) is 0. The van der Waals surface area contributed by atoms with Crippen molar-refractivity contribution in [2.75, 3.05) is 16.8 Å². The van der Waals surface area contributed by atoms with Crippen LogP contribution < -0.4 is 10.2 Å². The number of hydrogen-bond acceptors (Lipinski definition) is 5. The zero-order valence-electron chi connectivity index (χ0n) is 16.9. The third-order valence-corrected chi connectivity index (χ3v) is 6.47. The third kappa shape index (κ3) is 3.70. The molecule has 0 fully saturated rings. The number of anilines is 2. The zero-order chi connectivity index (χ0) is 20.8. The number of rotatable bonds is 3. The van der Waals surface area contributed by atoms with Crippen LogP contribution in [0.25, 0.3) is 0 Å². The normalized spacial score (nSPS) is 13.4. The molecule has 6 nitrogen and oxygen atoms in total. The van der Waals surface area contributed by atoms with Crippen LogP contribution in [0.4, 0.5) is 11.4 Å². The van der Waals surface area contributed by atoms with Crippen molar-refractivity contribution >= 4 is 34.5 Å². The van der Waals surface area contributed by atoms with Gasteiger partial charge in [0.05, 0.1) is 22.5 Å². The molecule has 0 bridgehead atoms. The highest BCUT2D eigenvalue weighted by Gasteiger charge is 2.27. The van der Waals surface area contributed by atoms with Gasteiger partial charge in [-0.15, -0.1) is 11.3 Å². The molecule has 1 N–H and O–H groups in total. The van der Waals surface area contributed by atoms with Crippen molar-refractivity contribution in [3.63, 3.8) is 0 Å². The van der Waals surface area contributed by atoms with Gasteiger partial charge in [0, 0.05) is 23.3 Å². The van der Waals surface area contributed by atoms with E-state index in [1.807, 2.05) is 25.1 Å². The lowest BCUT2D eigenvalue weighted by Gasteiger charge is -2.16. The van der Waals surface area contributed by atoms with E-state index in [9.17, 15) is 9.59 Å². The molecule has 0 atom stereocenters. The fraction of sp³-hybridized carbons (Fsp3) is 0.318. The Morgan fingerprint density at radius 3 is 2.69 bits per heavy atom. The molecule has 1 aliphatic rings. The van der Waals surface area contributed by atoms with E-state index in [1.165, 1.54) is 23.9 Å². The van der Waals surface area contributed by atoms with E-state index >= 15 is 0 Å². The first-order valence-electron chi connectivity index (χ1n) is 9.50. The summed E-state index contributed by atoms with van der Waals surface area (Å²) in [5, 5.41) is 3.92. The van der Waals surface area contributed by atoms with Gasteiger partial charge >= 0.3 is 0 Å². The molecule has 3 heterocycles. The lowest BCUT2D eigenvalue weighted by Crippen LogP contribution is -2.28. The Bertz CT molecular complexity index is 1080. The Morgan fingerprint density at radius 2 is 2.03 bits per heavy atom. The fourth-order valence-electron chi connectivity index (χ4n) is 3.35. The van der Waals surface area contributed by atoms with Crippen molar-refractivity contribution in [2.24, 2.45) is 0 Å². The summed E-state index contributed by atoms with van der Waals surface area (Å²) in [4.78, 5) is 32.4. The Hall–Kier alpha value is -2.93. The smallest absolute Gasteiger partial charge is 0.267 e. The van der Waals surface area contributed by atoms with Gasteiger partial charge in [-0.3, -0.25) is 9.59 Å². The number of furan rings is 1. The van der Waals surface area contributed by atoms with Crippen LogP contribution in [-0.4, -0.2) is 23.3 Å². The van der Waals surface area contributed by atoms with E-state index in [0.29, 0.717) is 17.0 Å². The lowest BCUT2D eigenvalue weighted by atomic mass is 9.98. The maximum absolute atomic E-state index is 12.8. The zero-order valence-corrected chi connectivity index (χ0v) is 17.7. The van der Waals surface area contributed by atoms with Crippen molar-refractivity contribution in [2.45, 2.75) is 39.5 Å². The average Bonchev–Trinajstić information content (AvgIpc) is 3.39. The summed E-state index contributed by atoms with van der Waals surface area (Å²) < 4.78 is 5.02. The Kier molecular flexibility index (Phi) is 4.78. The molecule has 1 aromatic carbocycles. The molecule has 3 aromatic rings. The highest BCUT2D eigenvalue weighted by Crippen LogP contribution is 2.33. The number of hydrogen-bond donors (Lipinski definition) is 1. The second kappa shape index (κ2) is 7.15. The Balaban J connectivity index is 1.53. The van der Waals surface area contributed by atoms with Gasteiger partial charge in [-0.25, -0.2) is 4.98 Å².